The molecule has 5 nitrogen and oxygen atoms in total. The third-order valence-electron chi connectivity index (χ3n) is 0.585. The van der Waals surface area contributed by atoms with Gasteiger partial charge in [-0.15, -0.1) is 0 Å². The van der Waals surface area contributed by atoms with E-state index in [-0.39, 0.29) is 12.2 Å². The number of nitrogens with one attached hydrogen (secondary N) is 1. The van der Waals surface area contributed by atoms with Gasteiger partial charge in [0.2, 0.25) is 0 Å². The number of hydrogen-bond donors (Lipinski definition) is 3. The van der Waals surface area contributed by atoms with E-state index in [1.54, 1.807) is 0 Å². The average Bonchev–Trinajstić information content (AvgIpc) is 1.89. The topological polar surface area (TPSA) is 91.7 Å². The van der Waals surface area contributed by atoms with Gasteiger partial charge in [0, 0.05) is 6.32 Å². The highest BCUT2D eigenvalue weighted by Gasteiger charge is 1.94. The van der Waals surface area contributed by atoms with Crippen molar-refractivity contribution >= 4 is 19.7 Å². The van der Waals surface area contributed by atoms with Crippen LogP contribution in [0.15, 0.2) is 5.16 Å². The molecule has 9 heavy (non-hydrogen) atoms. The number of rotatable bonds is 4. The number of oxime groups is 1. The van der Waals surface area contributed by atoms with Crippen molar-refractivity contribution in [3.63, 3.8) is 0 Å². The first-order valence-electron chi connectivity index (χ1n) is 2.23. The average molecular weight is 128 g/mol. The molecule has 49 valence electrons. The molecule has 0 aromatic carbocycles. The van der Waals surface area contributed by atoms with Gasteiger partial charge in [0.1, 0.15) is 12.2 Å². The van der Waals surface area contributed by atoms with Crippen molar-refractivity contribution in [2.24, 2.45) is 10.9 Å². The minimum Gasteiger partial charge on any atom is -0.555 e. The zero-order chi connectivity index (χ0) is 7.11. The predicted octanol–water partition coefficient (Wildman–Crippen LogP) is -0.606. The van der Waals surface area contributed by atoms with Crippen LogP contribution in [0.4, 0.5) is 0 Å². The highest BCUT2D eigenvalue weighted by atomic mass is 16.4. The van der Waals surface area contributed by atoms with Gasteiger partial charge in [-0.1, -0.05) is 5.16 Å². The highest BCUT2D eigenvalue weighted by Crippen LogP contribution is 1.77. The first-order valence-corrected chi connectivity index (χ1v) is 2.23. The predicted molar refractivity (Wildman–Crippen MR) is 33.8 cm³/mol. The van der Waals surface area contributed by atoms with Crippen LogP contribution in [0, 0.1) is 5.41 Å². The molecule has 0 aliphatic carbocycles. The van der Waals surface area contributed by atoms with Gasteiger partial charge in [0.15, 0.2) is 0 Å². The Bertz CT molecular complexity index is 116. The third kappa shape index (κ3) is 4.66. The zero-order valence-electron chi connectivity index (χ0n) is 4.74. The maximum Gasteiger partial charge on any atom is 0.379 e. The Labute approximate surface area is 53.3 Å². The molecule has 0 atom stereocenters. The normalized spacial score (nSPS) is 10.4. The monoisotopic (exact) mass is 128 g/mol. The fourth-order valence-corrected chi connectivity index (χ4v) is 0.222. The van der Waals surface area contributed by atoms with Crippen molar-refractivity contribution in [1.82, 2.24) is 0 Å². The van der Waals surface area contributed by atoms with E-state index in [0.29, 0.717) is 0 Å². The zero-order valence-corrected chi connectivity index (χ0v) is 4.74. The van der Waals surface area contributed by atoms with Crippen LogP contribution in [0.25, 0.3) is 0 Å². The number of amidine groups is 1. The highest BCUT2D eigenvalue weighted by molar-refractivity contribution is 6.36. The summed E-state index contributed by atoms with van der Waals surface area (Å²) < 4.78 is 4.35. The molecule has 0 heterocycles. The van der Waals surface area contributed by atoms with Gasteiger partial charge in [0.25, 0.3) is 0 Å². The molecule has 0 spiro atoms. The summed E-state index contributed by atoms with van der Waals surface area (Å²) in [6.45, 7) is 0. The van der Waals surface area contributed by atoms with E-state index in [9.17, 15) is 0 Å². The summed E-state index contributed by atoms with van der Waals surface area (Å²) in [4.78, 5) is 0. The minimum atomic E-state index is 0.0526. The Morgan fingerprint density at radius 3 is 3.11 bits per heavy atom. The van der Waals surface area contributed by atoms with Crippen LogP contribution in [0.3, 0.4) is 0 Å². The Morgan fingerprint density at radius 2 is 2.67 bits per heavy atom. The van der Waals surface area contributed by atoms with Crippen molar-refractivity contribution < 1.29 is 9.86 Å². The summed E-state index contributed by atoms with van der Waals surface area (Å²) in [6.07, 6.45) is 0.969. The van der Waals surface area contributed by atoms with Crippen LogP contribution in [0.1, 0.15) is 0 Å². The van der Waals surface area contributed by atoms with Crippen molar-refractivity contribution in [1.29, 1.82) is 5.41 Å². The molecule has 0 aromatic rings. The molecule has 4 N–H and O–H groups in total. The molecule has 0 saturated carbocycles. The smallest absolute Gasteiger partial charge is 0.379 e. The lowest BCUT2D eigenvalue weighted by Gasteiger charge is -1.92. The van der Waals surface area contributed by atoms with Crippen molar-refractivity contribution in [2.45, 2.75) is 6.32 Å². The van der Waals surface area contributed by atoms with Gasteiger partial charge >= 0.3 is 7.48 Å². The molecule has 0 amide bonds. The molecule has 0 saturated heterocycles. The quantitative estimate of drug-likeness (QED) is 0.118. The van der Waals surface area contributed by atoms with Gasteiger partial charge < -0.3 is 15.6 Å². The van der Waals surface area contributed by atoms with Crippen LogP contribution >= 0.6 is 0 Å². The fraction of sp³-hybridized carbons (Fsp3) is 0.333. The van der Waals surface area contributed by atoms with E-state index >= 15 is 0 Å². The number of nitrogens with zero attached hydrogens (tertiary/aromatic N) is 1. The van der Waals surface area contributed by atoms with Crippen LogP contribution in [0.5, 0.6) is 0 Å². The van der Waals surface area contributed by atoms with Gasteiger partial charge in [0.05, 0.1) is 0 Å². The molecule has 0 bridgehead atoms. The Balaban J connectivity index is 3.17. The summed E-state index contributed by atoms with van der Waals surface area (Å²) in [5.74, 6) is 0.0526. The molecule has 0 fully saturated rings. The minimum absolute atomic E-state index is 0.0526. The van der Waals surface area contributed by atoms with Crippen molar-refractivity contribution in [2.75, 3.05) is 0 Å². The summed E-state index contributed by atoms with van der Waals surface area (Å²) >= 11 is 0. The van der Waals surface area contributed by atoms with Crippen LogP contribution in [0.2, 0.25) is 6.32 Å². The van der Waals surface area contributed by atoms with Gasteiger partial charge in [-0.2, -0.15) is 0 Å². The Kier molecular flexibility index (Phi) is 4.29. The van der Waals surface area contributed by atoms with Crippen molar-refractivity contribution in [3.8, 4) is 0 Å². The van der Waals surface area contributed by atoms with Crippen molar-refractivity contribution in [3.05, 3.63) is 0 Å². The molecule has 0 rings (SSSR count). The summed E-state index contributed by atoms with van der Waals surface area (Å²) in [5, 5.41) is 17.0. The van der Waals surface area contributed by atoms with E-state index < -0.39 is 0 Å². The first kappa shape index (κ1) is 7.80. The maximum atomic E-state index is 7.96. The van der Waals surface area contributed by atoms with E-state index in [4.69, 9.17) is 16.4 Å². The lowest BCUT2D eigenvalue weighted by Crippen LogP contribution is -2.14. The molecular weight excluding hydrogens is 121 g/mol. The molecule has 0 aliphatic heterocycles. The maximum absolute atomic E-state index is 7.96. The number of nitrogens with two attached hydrogens (primary N) is 1. The number of hydrogen-bond acceptors (Lipinski definition) is 4. The first-order chi connectivity index (χ1) is 4.31. The SMILES string of the molecule is N=CO[B]CC(N)=NO. The van der Waals surface area contributed by atoms with E-state index in [1.807, 2.05) is 0 Å². The Morgan fingerprint density at radius 1 is 2.00 bits per heavy atom. The second kappa shape index (κ2) is 4.95. The van der Waals surface area contributed by atoms with E-state index in [2.05, 4.69) is 9.81 Å². The standard InChI is InChI=1S/C3H7BN3O2/c5-2-9-4-1-3(6)7-8/h2,5,8H,1H2,(H2,6,7). The second-order valence-electron chi connectivity index (χ2n) is 1.22. The largest absolute Gasteiger partial charge is 0.555 e. The van der Waals surface area contributed by atoms with Crippen LogP contribution in [-0.4, -0.2) is 24.9 Å². The molecule has 0 aliphatic rings. The summed E-state index contributed by atoms with van der Waals surface area (Å²) in [5.41, 5.74) is 5.03. The van der Waals surface area contributed by atoms with Gasteiger partial charge in [-0.25, -0.2) is 0 Å². The lowest BCUT2D eigenvalue weighted by atomic mass is 9.95. The van der Waals surface area contributed by atoms with Gasteiger partial charge in [-0.3, -0.25) is 5.41 Å². The molecular formula is C3H7BN3O2. The molecule has 0 unspecified atom stereocenters. The molecule has 0 aromatic heterocycles. The fourth-order valence-electron chi connectivity index (χ4n) is 0.222. The summed E-state index contributed by atoms with van der Waals surface area (Å²) in [7, 11) is 1.25. The van der Waals surface area contributed by atoms with Crippen LogP contribution in [-0.2, 0) is 4.65 Å². The lowest BCUT2D eigenvalue weighted by molar-refractivity contribution is 0.318. The van der Waals surface area contributed by atoms with E-state index in [1.165, 1.54) is 7.48 Å². The summed E-state index contributed by atoms with van der Waals surface area (Å²) in [6, 6.07) is 0. The third-order valence-corrected chi connectivity index (χ3v) is 0.585. The molecule has 6 heteroatoms. The van der Waals surface area contributed by atoms with Crippen LogP contribution < -0.4 is 5.73 Å². The Hall–Kier alpha value is -1.20. The second-order valence-corrected chi connectivity index (χ2v) is 1.22. The van der Waals surface area contributed by atoms with E-state index in [0.717, 1.165) is 6.40 Å². The molecule has 1 radical (unpaired) electrons. The van der Waals surface area contributed by atoms with Gasteiger partial charge in [-0.05, 0) is 0 Å².